The smallest absolute Gasteiger partial charge is 0.262 e. The summed E-state index contributed by atoms with van der Waals surface area (Å²) in [7, 11) is -1.90. The minimum Gasteiger partial charge on any atom is -0.339 e. The highest BCUT2D eigenvalue weighted by Gasteiger charge is 2.40. The quantitative estimate of drug-likeness (QED) is 0.825. The van der Waals surface area contributed by atoms with Crippen LogP contribution in [-0.4, -0.2) is 39.0 Å². The second-order valence-electron chi connectivity index (χ2n) is 4.83. The lowest BCUT2D eigenvalue weighted by atomic mass is 10.2. The number of aromatic nitrogens is 4. The van der Waals surface area contributed by atoms with E-state index in [1.165, 1.54) is 16.8 Å². The fourth-order valence-electron chi connectivity index (χ4n) is 2.37. The maximum Gasteiger partial charge on any atom is 0.262 e. The zero-order valence-corrected chi connectivity index (χ0v) is 12.0. The molecule has 0 amide bonds. The van der Waals surface area contributed by atoms with Crippen LogP contribution < -0.4 is 0 Å². The first-order chi connectivity index (χ1) is 9.48. The molecule has 9 heteroatoms. The van der Waals surface area contributed by atoms with Gasteiger partial charge in [-0.3, -0.25) is 0 Å². The molecule has 0 aliphatic carbocycles. The van der Waals surface area contributed by atoms with E-state index >= 15 is 0 Å². The maximum atomic E-state index is 12.6. The summed E-state index contributed by atoms with van der Waals surface area (Å²) in [5, 5.41) is 3.77. The topological polar surface area (TPSA) is 94.1 Å². The Balaban J connectivity index is 1.96. The van der Waals surface area contributed by atoms with Crippen molar-refractivity contribution in [2.24, 2.45) is 7.05 Å². The maximum absolute atomic E-state index is 12.6. The number of nitrogens with zero attached hydrogens (tertiary/aromatic N) is 5. The van der Waals surface area contributed by atoms with Crippen molar-refractivity contribution >= 4 is 10.0 Å². The molecule has 1 aliphatic heterocycles. The van der Waals surface area contributed by atoms with Crippen LogP contribution in [0.3, 0.4) is 0 Å². The average molecular weight is 297 g/mol. The predicted molar refractivity (Wildman–Crippen MR) is 68.1 cm³/mol. The van der Waals surface area contributed by atoms with Crippen LogP contribution in [0.2, 0.25) is 0 Å². The van der Waals surface area contributed by atoms with E-state index in [4.69, 9.17) is 4.52 Å². The molecule has 0 radical (unpaired) electrons. The molecule has 3 heterocycles. The van der Waals surface area contributed by atoms with Gasteiger partial charge >= 0.3 is 0 Å². The summed E-state index contributed by atoms with van der Waals surface area (Å²) in [6.07, 6.45) is 4.39. The van der Waals surface area contributed by atoms with Crippen LogP contribution in [0, 0.1) is 6.92 Å². The highest BCUT2D eigenvalue weighted by Crippen LogP contribution is 2.35. The number of imidazole rings is 1. The molecule has 1 saturated heterocycles. The van der Waals surface area contributed by atoms with Crippen molar-refractivity contribution in [3.8, 4) is 0 Å². The lowest BCUT2D eigenvalue weighted by Gasteiger charge is -2.19. The molecule has 1 fully saturated rings. The van der Waals surface area contributed by atoms with Crippen LogP contribution in [0.5, 0.6) is 0 Å². The van der Waals surface area contributed by atoms with E-state index < -0.39 is 16.1 Å². The van der Waals surface area contributed by atoms with Gasteiger partial charge in [0.2, 0.25) is 5.89 Å². The average Bonchev–Trinajstić information content (AvgIpc) is 3.07. The Morgan fingerprint density at radius 3 is 2.85 bits per heavy atom. The van der Waals surface area contributed by atoms with Crippen molar-refractivity contribution in [3.63, 3.8) is 0 Å². The molecule has 0 spiro atoms. The normalized spacial score (nSPS) is 20.6. The number of rotatable bonds is 3. The van der Waals surface area contributed by atoms with Gasteiger partial charge in [-0.15, -0.1) is 0 Å². The fraction of sp³-hybridized carbons (Fsp3) is 0.545. The molecular weight excluding hydrogens is 282 g/mol. The van der Waals surface area contributed by atoms with Crippen LogP contribution in [-0.2, 0) is 17.1 Å². The Kier molecular flexibility index (Phi) is 3.09. The third-order valence-corrected chi connectivity index (χ3v) is 5.08. The molecule has 0 bridgehead atoms. The first-order valence-corrected chi connectivity index (χ1v) is 7.72. The zero-order valence-electron chi connectivity index (χ0n) is 11.2. The van der Waals surface area contributed by atoms with Crippen molar-refractivity contribution in [2.75, 3.05) is 6.54 Å². The molecule has 20 heavy (non-hydrogen) atoms. The van der Waals surface area contributed by atoms with Crippen LogP contribution in [0.15, 0.2) is 22.1 Å². The molecule has 1 atom stereocenters. The molecule has 0 saturated carbocycles. The van der Waals surface area contributed by atoms with Gasteiger partial charge < -0.3 is 9.09 Å². The van der Waals surface area contributed by atoms with E-state index in [-0.39, 0.29) is 5.03 Å². The largest absolute Gasteiger partial charge is 0.339 e. The monoisotopic (exact) mass is 297 g/mol. The van der Waals surface area contributed by atoms with E-state index in [0.29, 0.717) is 24.7 Å². The lowest BCUT2D eigenvalue weighted by molar-refractivity contribution is 0.289. The molecule has 1 aliphatic rings. The second kappa shape index (κ2) is 4.67. The number of hydrogen-bond donors (Lipinski definition) is 0. The van der Waals surface area contributed by atoms with Crippen molar-refractivity contribution < 1.29 is 12.9 Å². The Morgan fingerprint density at radius 1 is 1.45 bits per heavy atom. The van der Waals surface area contributed by atoms with Crippen molar-refractivity contribution in [1.29, 1.82) is 0 Å². The lowest BCUT2D eigenvalue weighted by Crippen LogP contribution is -2.31. The van der Waals surface area contributed by atoms with E-state index in [1.807, 2.05) is 0 Å². The van der Waals surface area contributed by atoms with E-state index in [2.05, 4.69) is 15.1 Å². The van der Waals surface area contributed by atoms with Crippen LogP contribution in [0.1, 0.15) is 30.6 Å². The summed E-state index contributed by atoms with van der Waals surface area (Å²) in [6.45, 7) is 2.14. The van der Waals surface area contributed by atoms with Gasteiger partial charge in [-0.1, -0.05) is 5.16 Å². The standard InChI is InChI=1S/C11H15N5O3S/c1-8-13-11(19-14-8)9-4-3-5-16(9)20(17,18)10-6-15(2)7-12-10/h6-7,9H,3-5H2,1-2H3. The second-order valence-corrected chi connectivity index (χ2v) is 6.67. The molecule has 2 aromatic heterocycles. The Hall–Kier alpha value is -1.74. The fourth-order valence-corrected chi connectivity index (χ4v) is 3.99. The first kappa shape index (κ1) is 13.3. The summed E-state index contributed by atoms with van der Waals surface area (Å²) < 4.78 is 33.3. The minimum absolute atomic E-state index is 0.0446. The Bertz CT molecular complexity index is 720. The van der Waals surface area contributed by atoms with Gasteiger partial charge in [-0.2, -0.15) is 9.29 Å². The van der Waals surface area contributed by atoms with Crippen molar-refractivity contribution in [2.45, 2.75) is 30.8 Å². The molecule has 8 nitrogen and oxygen atoms in total. The molecule has 3 rings (SSSR count). The highest BCUT2D eigenvalue weighted by molar-refractivity contribution is 7.89. The predicted octanol–water partition coefficient (Wildman–Crippen LogP) is 0.637. The van der Waals surface area contributed by atoms with E-state index in [9.17, 15) is 8.42 Å². The first-order valence-electron chi connectivity index (χ1n) is 6.28. The van der Waals surface area contributed by atoms with Gasteiger partial charge in [0.25, 0.3) is 10.0 Å². The van der Waals surface area contributed by atoms with Crippen molar-refractivity contribution in [1.82, 2.24) is 24.0 Å². The molecule has 0 aromatic carbocycles. The van der Waals surface area contributed by atoms with Crippen LogP contribution in [0.25, 0.3) is 0 Å². The summed E-state index contributed by atoms with van der Waals surface area (Å²) >= 11 is 0. The summed E-state index contributed by atoms with van der Waals surface area (Å²) in [6, 6.07) is -0.400. The molecule has 0 N–H and O–H groups in total. The van der Waals surface area contributed by atoms with E-state index in [0.717, 1.165) is 6.42 Å². The van der Waals surface area contributed by atoms with Crippen LogP contribution in [0.4, 0.5) is 0 Å². The van der Waals surface area contributed by atoms with Gasteiger partial charge in [0.15, 0.2) is 10.9 Å². The molecular formula is C11H15N5O3S. The minimum atomic E-state index is -3.63. The van der Waals surface area contributed by atoms with Gasteiger partial charge in [0, 0.05) is 19.8 Å². The molecule has 1 unspecified atom stereocenters. The summed E-state index contributed by atoms with van der Waals surface area (Å²) in [5.74, 6) is 0.849. The zero-order chi connectivity index (χ0) is 14.3. The number of aryl methyl sites for hydroxylation is 2. The van der Waals surface area contributed by atoms with Crippen LogP contribution >= 0.6 is 0 Å². The van der Waals surface area contributed by atoms with Gasteiger partial charge in [-0.25, -0.2) is 13.4 Å². The Morgan fingerprint density at radius 2 is 2.25 bits per heavy atom. The van der Waals surface area contributed by atoms with Crippen molar-refractivity contribution in [3.05, 3.63) is 24.2 Å². The highest BCUT2D eigenvalue weighted by atomic mass is 32.2. The van der Waals surface area contributed by atoms with Gasteiger partial charge in [0.1, 0.15) is 6.04 Å². The third kappa shape index (κ3) is 2.12. The number of hydrogen-bond acceptors (Lipinski definition) is 6. The molecule has 108 valence electrons. The number of sulfonamides is 1. The summed E-state index contributed by atoms with van der Waals surface area (Å²) in [5.41, 5.74) is 0. The SMILES string of the molecule is Cc1noc(C2CCCN2S(=O)(=O)c2cn(C)cn2)n1. The van der Waals surface area contributed by atoms with Gasteiger partial charge in [0.05, 0.1) is 6.33 Å². The van der Waals surface area contributed by atoms with Gasteiger partial charge in [-0.05, 0) is 19.8 Å². The Labute approximate surface area is 116 Å². The van der Waals surface area contributed by atoms with E-state index in [1.54, 1.807) is 18.5 Å². The third-order valence-electron chi connectivity index (χ3n) is 3.29. The molecule has 2 aromatic rings. The summed E-state index contributed by atoms with van der Waals surface area (Å²) in [4.78, 5) is 8.08.